The lowest BCUT2D eigenvalue weighted by Crippen LogP contribution is -2.33. The number of likely N-dealkylation sites (tertiary alicyclic amines) is 1. The van der Waals surface area contributed by atoms with Crippen molar-refractivity contribution in [2.75, 3.05) is 32.8 Å². The minimum absolute atomic E-state index is 0.0310. The van der Waals surface area contributed by atoms with Crippen molar-refractivity contribution >= 4 is 17.2 Å². The predicted octanol–water partition coefficient (Wildman–Crippen LogP) is 2.31. The van der Waals surface area contributed by atoms with Gasteiger partial charge in [0, 0.05) is 43.5 Å². The van der Waals surface area contributed by atoms with Gasteiger partial charge in [-0.3, -0.25) is 9.69 Å². The van der Waals surface area contributed by atoms with Crippen LogP contribution >= 0.6 is 11.3 Å². The van der Waals surface area contributed by atoms with Crippen LogP contribution in [0.2, 0.25) is 0 Å². The van der Waals surface area contributed by atoms with Crippen molar-refractivity contribution in [1.29, 1.82) is 0 Å². The first kappa shape index (κ1) is 14.9. The van der Waals surface area contributed by atoms with Crippen molar-refractivity contribution < 1.29 is 13.9 Å². The summed E-state index contributed by atoms with van der Waals surface area (Å²) in [6, 6.07) is 7.74. The molecule has 0 saturated carbocycles. The molecule has 6 heteroatoms. The Morgan fingerprint density at radius 2 is 2.22 bits per heavy atom. The van der Waals surface area contributed by atoms with Crippen LogP contribution in [0.3, 0.4) is 0 Å². The number of carbonyl (C=O) groups excluding carboxylic acids is 1. The molecule has 2 atom stereocenters. The van der Waals surface area contributed by atoms with Crippen LogP contribution in [0.1, 0.15) is 15.4 Å². The molecule has 0 unspecified atom stereocenters. The van der Waals surface area contributed by atoms with Gasteiger partial charge in [-0.2, -0.15) is 0 Å². The molecule has 2 fully saturated rings. The second-order valence-electron chi connectivity index (χ2n) is 6.17. The molecule has 2 aromatic heterocycles. The van der Waals surface area contributed by atoms with Crippen LogP contribution in [-0.4, -0.2) is 54.6 Å². The first-order valence-electron chi connectivity index (χ1n) is 7.99. The quantitative estimate of drug-likeness (QED) is 0.865. The monoisotopic (exact) mass is 332 g/mol. The van der Waals surface area contributed by atoms with Gasteiger partial charge in [-0.15, -0.1) is 11.3 Å². The van der Waals surface area contributed by atoms with Crippen LogP contribution < -0.4 is 0 Å². The zero-order valence-electron chi connectivity index (χ0n) is 12.9. The van der Waals surface area contributed by atoms with E-state index in [1.165, 1.54) is 4.88 Å². The van der Waals surface area contributed by atoms with Gasteiger partial charge in [-0.1, -0.05) is 6.07 Å². The molecule has 2 saturated heterocycles. The van der Waals surface area contributed by atoms with Crippen molar-refractivity contribution in [3.63, 3.8) is 0 Å². The molecule has 2 aromatic rings. The molecule has 4 heterocycles. The largest absolute Gasteiger partial charge is 0.459 e. The zero-order chi connectivity index (χ0) is 15.6. The average molecular weight is 332 g/mol. The number of thiophene rings is 1. The maximum Gasteiger partial charge on any atom is 0.289 e. The number of nitrogens with zero attached hydrogens (tertiary/aromatic N) is 2. The number of rotatable bonds is 3. The van der Waals surface area contributed by atoms with Crippen molar-refractivity contribution in [3.8, 4) is 0 Å². The molecule has 122 valence electrons. The third-order valence-electron chi connectivity index (χ3n) is 4.59. The summed E-state index contributed by atoms with van der Waals surface area (Å²) in [5.74, 6) is 0.754. The minimum Gasteiger partial charge on any atom is -0.459 e. The molecule has 4 rings (SSSR count). The minimum atomic E-state index is -0.0310. The summed E-state index contributed by atoms with van der Waals surface area (Å²) < 4.78 is 11.2. The highest BCUT2D eigenvalue weighted by Gasteiger charge is 2.39. The number of amides is 1. The van der Waals surface area contributed by atoms with Gasteiger partial charge in [0.05, 0.1) is 19.0 Å². The second-order valence-corrected chi connectivity index (χ2v) is 7.20. The van der Waals surface area contributed by atoms with Gasteiger partial charge < -0.3 is 14.1 Å². The van der Waals surface area contributed by atoms with Crippen LogP contribution in [0, 0.1) is 5.92 Å². The Morgan fingerprint density at radius 3 is 3.00 bits per heavy atom. The second kappa shape index (κ2) is 6.47. The fraction of sp³-hybridized carbons (Fsp3) is 0.471. The highest BCUT2D eigenvalue weighted by molar-refractivity contribution is 7.09. The number of hydrogen-bond donors (Lipinski definition) is 0. The maximum atomic E-state index is 12.4. The number of fused-ring (bicyclic) bond motifs is 1. The standard InChI is InChI=1S/C17H20N2O3S/c20-17(15-4-1-6-21-15)19-10-13-9-18(5-7-22-16(13)12-19)11-14-3-2-8-23-14/h1-4,6,8,13,16H,5,7,9-12H2/t13-,16+/m1/s1. The number of furan rings is 1. The topological polar surface area (TPSA) is 45.9 Å². The van der Waals surface area contributed by atoms with Gasteiger partial charge in [0.2, 0.25) is 0 Å². The van der Waals surface area contributed by atoms with Gasteiger partial charge in [0.1, 0.15) is 0 Å². The lowest BCUT2D eigenvalue weighted by atomic mass is 10.1. The summed E-state index contributed by atoms with van der Waals surface area (Å²) in [6.45, 7) is 5.04. The van der Waals surface area contributed by atoms with E-state index in [9.17, 15) is 4.79 Å². The van der Waals surface area contributed by atoms with Crippen molar-refractivity contribution in [2.45, 2.75) is 12.6 Å². The summed E-state index contributed by atoms with van der Waals surface area (Å²) in [4.78, 5) is 18.1. The van der Waals surface area contributed by atoms with E-state index in [2.05, 4.69) is 22.4 Å². The van der Waals surface area contributed by atoms with E-state index >= 15 is 0 Å². The molecule has 5 nitrogen and oxygen atoms in total. The summed E-state index contributed by atoms with van der Waals surface area (Å²) in [5, 5.41) is 2.12. The zero-order valence-corrected chi connectivity index (χ0v) is 13.7. The van der Waals surface area contributed by atoms with Crippen LogP contribution in [-0.2, 0) is 11.3 Å². The van der Waals surface area contributed by atoms with E-state index in [4.69, 9.17) is 9.15 Å². The molecule has 0 aliphatic carbocycles. The van der Waals surface area contributed by atoms with E-state index in [0.717, 1.165) is 32.8 Å². The lowest BCUT2D eigenvalue weighted by molar-refractivity contribution is 0.0476. The Kier molecular flexibility index (Phi) is 4.20. The molecular weight excluding hydrogens is 312 g/mol. The third-order valence-corrected chi connectivity index (χ3v) is 5.45. The third kappa shape index (κ3) is 3.20. The van der Waals surface area contributed by atoms with Gasteiger partial charge in [-0.25, -0.2) is 0 Å². The lowest BCUT2D eigenvalue weighted by Gasteiger charge is -2.22. The van der Waals surface area contributed by atoms with Gasteiger partial charge in [-0.05, 0) is 23.6 Å². The van der Waals surface area contributed by atoms with Crippen molar-refractivity contribution in [3.05, 3.63) is 46.5 Å². The molecule has 0 radical (unpaired) electrons. The van der Waals surface area contributed by atoms with Crippen LogP contribution in [0.25, 0.3) is 0 Å². The Bertz CT molecular complexity index is 641. The molecule has 1 amide bonds. The van der Waals surface area contributed by atoms with Crippen LogP contribution in [0.15, 0.2) is 40.3 Å². The van der Waals surface area contributed by atoms with E-state index in [1.807, 2.05) is 4.90 Å². The highest BCUT2D eigenvalue weighted by Crippen LogP contribution is 2.26. The summed E-state index contributed by atoms with van der Waals surface area (Å²) >= 11 is 1.79. The summed E-state index contributed by atoms with van der Waals surface area (Å²) in [6.07, 6.45) is 1.68. The molecule has 23 heavy (non-hydrogen) atoms. The van der Waals surface area contributed by atoms with E-state index in [0.29, 0.717) is 18.2 Å². The number of ether oxygens (including phenoxy) is 1. The van der Waals surface area contributed by atoms with E-state index in [-0.39, 0.29) is 12.0 Å². The van der Waals surface area contributed by atoms with Gasteiger partial charge in [0.15, 0.2) is 5.76 Å². The number of hydrogen-bond acceptors (Lipinski definition) is 5. The molecule has 0 N–H and O–H groups in total. The SMILES string of the molecule is O=C(c1ccco1)N1C[C@H]2CN(Cc3cccs3)CCO[C@H]2C1. The highest BCUT2D eigenvalue weighted by atomic mass is 32.1. The van der Waals surface area contributed by atoms with Crippen molar-refractivity contribution in [2.24, 2.45) is 5.92 Å². The number of carbonyl (C=O) groups is 1. The molecule has 0 aromatic carbocycles. The fourth-order valence-corrected chi connectivity index (χ4v) is 4.20. The normalized spacial score (nSPS) is 25.3. The smallest absolute Gasteiger partial charge is 0.289 e. The molecule has 2 aliphatic rings. The first-order chi connectivity index (χ1) is 11.3. The Hall–Kier alpha value is -1.63. The van der Waals surface area contributed by atoms with Gasteiger partial charge in [0.25, 0.3) is 5.91 Å². The first-order valence-corrected chi connectivity index (χ1v) is 8.86. The van der Waals surface area contributed by atoms with E-state index < -0.39 is 0 Å². The molecule has 0 spiro atoms. The van der Waals surface area contributed by atoms with E-state index in [1.54, 1.807) is 29.7 Å². The summed E-state index contributed by atoms with van der Waals surface area (Å²) in [7, 11) is 0. The average Bonchev–Trinajstić information content (AvgIpc) is 3.28. The maximum absolute atomic E-state index is 12.4. The van der Waals surface area contributed by atoms with Crippen LogP contribution in [0.5, 0.6) is 0 Å². The molecule has 2 aliphatic heterocycles. The molecule has 0 bridgehead atoms. The predicted molar refractivity (Wildman–Crippen MR) is 87.4 cm³/mol. The Morgan fingerprint density at radius 1 is 1.26 bits per heavy atom. The fourth-order valence-electron chi connectivity index (χ4n) is 3.45. The van der Waals surface area contributed by atoms with Gasteiger partial charge >= 0.3 is 0 Å². The molecular formula is C17H20N2O3S. The van der Waals surface area contributed by atoms with Crippen LogP contribution in [0.4, 0.5) is 0 Å². The Balaban J connectivity index is 1.41. The summed E-state index contributed by atoms with van der Waals surface area (Å²) in [5.41, 5.74) is 0. The van der Waals surface area contributed by atoms with Crippen molar-refractivity contribution in [1.82, 2.24) is 9.80 Å². The Labute approximate surface area is 139 Å².